The summed E-state index contributed by atoms with van der Waals surface area (Å²) < 4.78 is 5.47. The molecule has 0 aliphatic carbocycles. The predicted octanol–water partition coefficient (Wildman–Crippen LogP) is 0.744. The van der Waals surface area contributed by atoms with Gasteiger partial charge in [0.15, 0.2) is 11.9 Å². The van der Waals surface area contributed by atoms with Gasteiger partial charge >= 0.3 is 12.0 Å². The lowest BCUT2D eigenvalue weighted by Crippen LogP contribution is -2.47. The second-order valence-corrected chi connectivity index (χ2v) is 7.79. The molecule has 0 spiro atoms. The zero-order valence-electron chi connectivity index (χ0n) is 17.4. The maximum absolute atomic E-state index is 12.9. The van der Waals surface area contributed by atoms with Crippen LogP contribution >= 0.6 is 0 Å². The van der Waals surface area contributed by atoms with Crippen LogP contribution in [-0.2, 0) is 17.6 Å². The van der Waals surface area contributed by atoms with E-state index >= 15 is 0 Å². The van der Waals surface area contributed by atoms with Crippen LogP contribution in [0.1, 0.15) is 47.9 Å². The van der Waals surface area contributed by atoms with Gasteiger partial charge in [-0.1, -0.05) is 35.5 Å². The third kappa shape index (κ3) is 4.94. The molecule has 1 aliphatic heterocycles. The number of H-pyrrole nitrogens is 1. The van der Waals surface area contributed by atoms with Gasteiger partial charge in [-0.05, 0) is 18.4 Å². The molecule has 2 aromatic heterocycles. The molecule has 168 valence electrons. The van der Waals surface area contributed by atoms with E-state index in [1.807, 2.05) is 30.3 Å². The Morgan fingerprint density at radius 2 is 2.12 bits per heavy atom. The highest BCUT2D eigenvalue weighted by molar-refractivity contribution is 5.83. The second-order valence-electron chi connectivity index (χ2n) is 7.79. The van der Waals surface area contributed by atoms with E-state index in [0.717, 1.165) is 11.3 Å². The minimum Gasteiger partial charge on any atom is -0.563 e. The number of nitrogens with zero attached hydrogens (tertiary/aromatic N) is 4. The average Bonchev–Trinajstić information content (AvgIpc) is 3.55. The Kier molecular flexibility index (Phi) is 6.45. The van der Waals surface area contributed by atoms with Gasteiger partial charge in [0, 0.05) is 36.1 Å². The number of amides is 2. The largest absolute Gasteiger partial charge is 0.563 e. The van der Waals surface area contributed by atoms with Crippen LogP contribution in [0.25, 0.3) is 0 Å². The van der Waals surface area contributed by atoms with E-state index in [1.165, 1.54) is 4.90 Å². The van der Waals surface area contributed by atoms with E-state index < -0.39 is 30.1 Å². The van der Waals surface area contributed by atoms with E-state index in [9.17, 15) is 9.59 Å². The van der Waals surface area contributed by atoms with Gasteiger partial charge in [0.05, 0.1) is 12.4 Å². The summed E-state index contributed by atoms with van der Waals surface area (Å²) >= 11 is 0. The van der Waals surface area contributed by atoms with E-state index in [0.29, 0.717) is 38.1 Å². The standard InChI is InChI=1S/C21H25N7O4/c22-15(10-14-11-23-12-24-14)18-26-19(32-27-18)16(9-13-5-2-1-3-6-13)25-21(31)28-8-4-7-17(28)20(29)30/h1-3,5-6,11-12,15-17H,4,7-10,22H2,(H,23,24)(H,25,31)(H,29,30)/p+1/t15-,16-,17?/m0/s1. The van der Waals surface area contributed by atoms with Crippen molar-refractivity contribution >= 4 is 12.0 Å². The number of imidazole rings is 1. The van der Waals surface area contributed by atoms with E-state index in [4.69, 9.17) is 15.4 Å². The molecule has 4 rings (SSSR count). The Balaban J connectivity index is 1.52. The average molecular weight is 440 g/mol. The third-order valence-corrected chi connectivity index (χ3v) is 5.48. The van der Waals surface area contributed by atoms with Crippen LogP contribution in [0, 0.1) is 0 Å². The van der Waals surface area contributed by atoms with E-state index in [1.54, 1.807) is 12.5 Å². The molecule has 3 atom stereocenters. The van der Waals surface area contributed by atoms with Gasteiger partial charge in [-0.15, -0.1) is 0 Å². The number of benzene rings is 1. The van der Waals surface area contributed by atoms with Crippen LogP contribution in [0.3, 0.4) is 0 Å². The molecule has 1 aromatic carbocycles. The quantitative estimate of drug-likeness (QED) is 0.434. The molecule has 0 bridgehead atoms. The fraction of sp³-hybridized carbons (Fsp3) is 0.381. The number of likely N-dealkylation sites (tertiary alicyclic amines) is 1. The first-order chi connectivity index (χ1) is 15.5. The highest BCUT2D eigenvalue weighted by Gasteiger charge is 2.39. The molecule has 0 saturated carbocycles. The second kappa shape index (κ2) is 9.60. The van der Waals surface area contributed by atoms with Gasteiger partial charge < -0.3 is 30.6 Å². The van der Waals surface area contributed by atoms with Crippen LogP contribution in [0.4, 0.5) is 4.79 Å². The number of nitrogens with two attached hydrogens (primary N) is 1. The maximum atomic E-state index is 12.9. The number of hydrogen-bond donors (Lipinski definition) is 3. The molecule has 32 heavy (non-hydrogen) atoms. The van der Waals surface area contributed by atoms with Crippen molar-refractivity contribution in [2.45, 2.75) is 43.8 Å². The van der Waals surface area contributed by atoms with Crippen molar-refractivity contribution < 1.29 is 19.2 Å². The lowest BCUT2D eigenvalue weighted by Gasteiger charge is -2.23. The zero-order valence-corrected chi connectivity index (χ0v) is 17.4. The van der Waals surface area contributed by atoms with Crippen molar-refractivity contribution in [3.05, 3.63) is 65.8 Å². The molecule has 1 fully saturated rings. The number of rotatable bonds is 8. The van der Waals surface area contributed by atoms with Crippen molar-refractivity contribution in [1.82, 2.24) is 30.3 Å². The highest BCUT2D eigenvalue weighted by atomic mass is 16.5. The molecule has 1 saturated heterocycles. The fourth-order valence-corrected chi connectivity index (χ4v) is 3.83. The molecule has 11 nitrogen and oxygen atoms in total. The van der Waals surface area contributed by atoms with Gasteiger partial charge in [0.2, 0.25) is 5.89 Å². The first-order valence-electron chi connectivity index (χ1n) is 10.4. The number of hydrogen-bond acceptors (Lipinski definition) is 7. The zero-order chi connectivity index (χ0) is 22.5. The van der Waals surface area contributed by atoms with Gasteiger partial charge in [0.25, 0.3) is 0 Å². The van der Waals surface area contributed by atoms with Crippen molar-refractivity contribution in [1.29, 1.82) is 0 Å². The summed E-state index contributed by atoms with van der Waals surface area (Å²) in [4.78, 5) is 37.3. The Bertz CT molecular complexity index is 1040. The first-order valence-corrected chi connectivity index (χ1v) is 10.4. The highest BCUT2D eigenvalue weighted by Crippen LogP contribution is 2.22. The number of carbonyl (C=O) groups excluding carboxylic acids is 2. The molecule has 11 heteroatoms. The Morgan fingerprint density at radius 1 is 1.31 bits per heavy atom. The molecule has 0 radical (unpaired) electrons. The molecular weight excluding hydrogens is 414 g/mol. The van der Waals surface area contributed by atoms with Gasteiger partial charge in [-0.3, -0.25) is 0 Å². The normalized spacial score (nSPS) is 17.8. The summed E-state index contributed by atoms with van der Waals surface area (Å²) in [5, 5.41) is 14.4. The molecule has 3 aromatic rings. The summed E-state index contributed by atoms with van der Waals surface area (Å²) in [6.07, 6.45) is 5.29. The van der Waals surface area contributed by atoms with Crippen molar-refractivity contribution in [2.75, 3.05) is 6.54 Å². The van der Waals surface area contributed by atoms with Gasteiger partial charge in [-0.2, -0.15) is 4.98 Å². The van der Waals surface area contributed by atoms with Gasteiger partial charge in [0.1, 0.15) is 6.04 Å². The Labute approximate surface area is 184 Å². The minimum atomic E-state index is -0.762. The Morgan fingerprint density at radius 3 is 2.84 bits per heavy atom. The summed E-state index contributed by atoms with van der Waals surface area (Å²) in [6, 6.07) is 7.30. The number of aromatic amines is 1. The summed E-state index contributed by atoms with van der Waals surface area (Å²) in [5.74, 6) is -0.213. The number of carbonyl (C=O) groups is 2. The third-order valence-electron chi connectivity index (χ3n) is 5.48. The fourth-order valence-electron chi connectivity index (χ4n) is 3.83. The first kappa shape index (κ1) is 21.5. The molecule has 1 unspecified atom stereocenters. The molecule has 6 N–H and O–H groups in total. The molecule has 1 aliphatic rings. The molecule has 2 amide bonds. The number of aromatic nitrogens is 4. The lowest BCUT2D eigenvalue weighted by atomic mass is 10.1. The number of nitrogens with one attached hydrogen (secondary N) is 2. The van der Waals surface area contributed by atoms with Crippen molar-refractivity contribution in [3.63, 3.8) is 0 Å². The van der Waals surface area contributed by atoms with Crippen molar-refractivity contribution in [3.8, 4) is 0 Å². The van der Waals surface area contributed by atoms with Crippen LogP contribution in [-0.4, -0.2) is 54.7 Å². The SMILES string of the molecule is N[C@@H](Cc1cnc[nH]1)c1noc([C@H](Cc2ccccc2)NC(=O)N2CCCC2C(=O)[OH2+])n1. The van der Waals surface area contributed by atoms with E-state index in [-0.39, 0.29) is 5.89 Å². The Hall–Kier alpha value is -3.73. The number of urea groups is 1. The van der Waals surface area contributed by atoms with Crippen LogP contribution in [0.15, 0.2) is 47.4 Å². The lowest BCUT2D eigenvalue weighted by molar-refractivity contribution is -0.141. The van der Waals surface area contributed by atoms with Crippen LogP contribution in [0.2, 0.25) is 0 Å². The molecule has 3 heterocycles. The monoisotopic (exact) mass is 440 g/mol. The summed E-state index contributed by atoms with van der Waals surface area (Å²) in [5.41, 5.74) is 8.03. The van der Waals surface area contributed by atoms with Crippen molar-refractivity contribution in [2.24, 2.45) is 5.73 Å². The summed E-state index contributed by atoms with van der Waals surface area (Å²) in [6.45, 7) is 0.420. The topological polar surface area (TPSA) is 166 Å². The summed E-state index contributed by atoms with van der Waals surface area (Å²) in [7, 11) is 0. The van der Waals surface area contributed by atoms with Gasteiger partial charge in [-0.25, -0.2) is 9.78 Å². The smallest absolute Gasteiger partial charge is 0.538 e. The minimum absolute atomic E-state index is 0.227. The predicted molar refractivity (Wildman–Crippen MR) is 113 cm³/mol. The van der Waals surface area contributed by atoms with E-state index in [2.05, 4.69) is 25.4 Å². The van der Waals surface area contributed by atoms with Crippen LogP contribution in [0.5, 0.6) is 0 Å². The maximum Gasteiger partial charge on any atom is 0.538 e. The molecular formula is C21H26N7O4+. The van der Waals surface area contributed by atoms with Crippen LogP contribution < -0.4 is 11.1 Å².